The van der Waals surface area contributed by atoms with Crippen LogP contribution in [0, 0.1) is 0 Å². The van der Waals surface area contributed by atoms with Crippen molar-refractivity contribution in [3.05, 3.63) is 141 Å². The highest BCUT2D eigenvalue weighted by molar-refractivity contribution is 7.07. The lowest BCUT2D eigenvalue weighted by Gasteiger charge is -2.31. The second-order valence-electron chi connectivity index (χ2n) is 9.07. The van der Waals surface area contributed by atoms with E-state index in [1.54, 1.807) is 0 Å². The average molecular weight is 564 g/mol. The molecule has 0 N–H and O–H groups in total. The molecular formula is C30H21Cl3N2OS. The molecule has 37 heavy (non-hydrogen) atoms. The van der Waals surface area contributed by atoms with Crippen molar-refractivity contribution < 1.29 is 0 Å². The summed E-state index contributed by atoms with van der Waals surface area (Å²) in [5, 5.41) is 1.99. The van der Waals surface area contributed by atoms with Gasteiger partial charge in [0.15, 0.2) is 4.80 Å². The lowest BCUT2D eigenvalue weighted by atomic mass is 9.84. The second kappa shape index (κ2) is 10.1. The minimum absolute atomic E-state index is 0.0719. The fourth-order valence-corrected chi connectivity index (χ4v) is 6.58. The van der Waals surface area contributed by atoms with Crippen molar-refractivity contribution in [1.29, 1.82) is 0 Å². The molecule has 1 unspecified atom stereocenters. The highest BCUT2D eigenvalue weighted by atomic mass is 35.5. The van der Waals surface area contributed by atoms with Gasteiger partial charge in [0, 0.05) is 15.1 Å². The maximum atomic E-state index is 13.8. The van der Waals surface area contributed by atoms with Crippen LogP contribution in [0.3, 0.4) is 0 Å². The van der Waals surface area contributed by atoms with Crippen LogP contribution in [0.1, 0.15) is 42.0 Å². The Labute approximate surface area is 233 Å². The topological polar surface area (TPSA) is 34.4 Å². The molecule has 1 atom stereocenters. The third kappa shape index (κ3) is 4.64. The molecule has 1 aliphatic heterocycles. The number of rotatable bonds is 3. The molecule has 0 fully saturated rings. The van der Waals surface area contributed by atoms with E-state index in [0.29, 0.717) is 24.4 Å². The molecule has 3 nitrogen and oxygen atoms in total. The Balaban J connectivity index is 1.60. The first-order chi connectivity index (χ1) is 18.0. The van der Waals surface area contributed by atoms with E-state index in [-0.39, 0.29) is 11.6 Å². The van der Waals surface area contributed by atoms with Crippen LogP contribution in [0.5, 0.6) is 0 Å². The van der Waals surface area contributed by atoms with Gasteiger partial charge in [-0.25, -0.2) is 4.99 Å². The smallest absolute Gasteiger partial charge is 0.271 e. The molecule has 0 saturated heterocycles. The van der Waals surface area contributed by atoms with E-state index >= 15 is 0 Å². The zero-order valence-corrected chi connectivity index (χ0v) is 22.7. The Hall–Kier alpha value is -2.89. The van der Waals surface area contributed by atoms with Crippen molar-refractivity contribution in [2.24, 2.45) is 4.99 Å². The van der Waals surface area contributed by atoms with Crippen molar-refractivity contribution in [1.82, 2.24) is 4.57 Å². The standard InChI is InChI=1S/C30H21Cl3N2OS/c31-21-14-12-18(13-15-21)16-26-29(36)35-28(22-8-2-4-11-25(22)33)23-9-5-7-20(27(23)34-30(35)37-26)17-19-6-1-3-10-24(19)32/h1-4,6,8,10-17,28H,5,7,9H2/b20-17+,26-16-. The second-order valence-corrected chi connectivity index (χ2v) is 11.3. The normalized spacial score (nSPS) is 18.5. The molecule has 6 rings (SSSR count). The van der Waals surface area contributed by atoms with E-state index in [1.807, 2.05) is 83.4 Å². The van der Waals surface area contributed by atoms with Crippen LogP contribution in [0.15, 0.2) is 99.4 Å². The number of nitrogens with zero attached hydrogens (tertiary/aromatic N) is 2. The quantitative estimate of drug-likeness (QED) is 0.255. The van der Waals surface area contributed by atoms with Gasteiger partial charge in [-0.15, -0.1) is 0 Å². The van der Waals surface area contributed by atoms with Crippen LogP contribution in [0.4, 0.5) is 0 Å². The predicted octanol–water partition coefficient (Wildman–Crippen LogP) is 7.44. The number of thiazole rings is 1. The molecule has 1 aromatic heterocycles. The van der Waals surface area contributed by atoms with Crippen LogP contribution in [0.25, 0.3) is 12.2 Å². The molecule has 0 radical (unpaired) electrons. The zero-order valence-electron chi connectivity index (χ0n) is 19.6. The van der Waals surface area contributed by atoms with Crippen molar-refractivity contribution in [2.75, 3.05) is 0 Å². The summed E-state index contributed by atoms with van der Waals surface area (Å²) < 4.78 is 2.43. The first kappa shape index (κ1) is 24.4. The van der Waals surface area contributed by atoms with Gasteiger partial charge in [-0.3, -0.25) is 9.36 Å². The summed E-state index contributed by atoms with van der Waals surface area (Å²) in [4.78, 5) is 19.6. The Morgan fingerprint density at radius 1 is 0.865 bits per heavy atom. The van der Waals surface area contributed by atoms with E-state index in [1.165, 1.54) is 11.3 Å². The molecule has 0 amide bonds. The summed E-state index contributed by atoms with van der Waals surface area (Å²) in [7, 11) is 0. The van der Waals surface area contributed by atoms with Gasteiger partial charge < -0.3 is 0 Å². The van der Waals surface area contributed by atoms with E-state index in [9.17, 15) is 4.79 Å². The zero-order chi connectivity index (χ0) is 25.5. The maximum absolute atomic E-state index is 13.8. The number of benzene rings is 3. The summed E-state index contributed by atoms with van der Waals surface area (Å²) in [5.74, 6) is 0. The largest absolute Gasteiger partial charge is 0.272 e. The molecule has 7 heteroatoms. The average Bonchev–Trinajstić information content (AvgIpc) is 3.21. The summed E-state index contributed by atoms with van der Waals surface area (Å²) in [6.45, 7) is 0. The molecule has 0 bridgehead atoms. The number of allylic oxidation sites excluding steroid dienone is 2. The lowest BCUT2D eigenvalue weighted by Crippen LogP contribution is -2.39. The van der Waals surface area contributed by atoms with Gasteiger partial charge in [-0.05, 0) is 83.5 Å². The van der Waals surface area contributed by atoms with Crippen molar-refractivity contribution in [2.45, 2.75) is 25.3 Å². The van der Waals surface area contributed by atoms with Gasteiger partial charge in [0.05, 0.1) is 16.3 Å². The molecule has 1 aliphatic carbocycles. The molecule has 2 heterocycles. The Morgan fingerprint density at radius 3 is 2.35 bits per heavy atom. The number of hydrogen-bond donors (Lipinski definition) is 0. The monoisotopic (exact) mass is 562 g/mol. The fourth-order valence-electron chi connectivity index (χ4n) is 5.02. The van der Waals surface area contributed by atoms with E-state index < -0.39 is 0 Å². The Morgan fingerprint density at radius 2 is 1.59 bits per heavy atom. The van der Waals surface area contributed by atoms with Crippen LogP contribution >= 0.6 is 46.1 Å². The highest BCUT2D eigenvalue weighted by Gasteiger charge is 2.33. The lowest BCUT2D eigenvalue weighted by molar-refractivity contribution is 0.553. The van der Waals surface area contributed by atoms with Gasteiger partial charge in [0.25, 0.3) is 5.56 Å². The predicted molar refractivity (Wildman–Crippen MR) is 154 cm³/mol. The van der Waals surface area contributed by atoms with Crippen LogP contribution in [0.2, 0.25) is 15.1 Å². The van der Waals surface area contributed by atoms with Gasteiger partial charge in [-0.2, -0.15) is 0 Å². The minimum atomic E-state index is -0.317. The summed E-state index contributed by atoms with van der Waals surface area (Å²) in [6, 6.07) is 22.7. The fraction of sp³-hybridized carbons (Fsp3) is 0.133. The van der Waals surface area contributed by atoms with Crippen molar-refractivity contribution >= 4 is 58.3 Å². The first-order valence-corrected chi connectivity index (χ1v) is 13.9. The van der Waals surface area contributed by atoms with Crippen molar-refractivity contribution in [3.8, 4) is 0 Å². The highest BCUT2D eigenvalue weighted by Crippen LogP contribution is 2.42. The van der Waals surface area contributed by atoms with Gasteiger partial charge in [-0.1, -0.05) is 94.7 Å². The number of hydrogen-bond acceptors (Lipinski definition) is 3. The van der Waals surface area contributed by atoms with Gasteiger partial charge in [0.2, 0.25) is 0 Å². The van der Waals surface area contributed by atoms with E-state index in [2.05, 4.69) is 6.08 Å². The van der Waals surface area contributed by atoms with Gasteiger partial charge >= 0.3 is 0 Å². The molecule has 0 spiro atoms. The van der Waals surface area contributed by atoms with Crippen molar-refractivity contribution in [3.63, 3.8) is 0 Å². The number of fused-ring (bicyclic) bond motifs is 1. The molecule has 184 valence electrons. The third-order valence-electron chi connectivity index (χ3n) is 6.74. The van der Waals surface area contributed by atoms with Crippen LogP contribution in [-0.2, 0) is 0 Å². The summed E-state index contributed by atoms with van der Waals surface area (Å²) >= 11 is 20.7. The number of aromatic nitrogens is 1. The molecule has 4 aromatic rings. The van der Waals surface area contributed by atoms with Crippen LogP contribution in [-0.4, -0.2) is 4.57 Å². The van der Waals surface area contributed by atoms with Crippen LogP contribution < -0.4 is 14.9 Å². The molecule has 2 aliphatic rings. The summed E-state index contributed by atoms with van der Waals surface area (Å²) in [6.07, 6.45) is 6.72. The first-order valence-electron chi connectivity index (χ1n) is 12.0. The minimum Gasteiger partial charge on any atom is -0.272 e. The maximum Gasteiger partial charge on any atom is 0.271 e. The molecule has 0 saturated carbocycles. The SMILES string of the molecule is O=c1/c(=C/c2ccc(Cl)cc2)sc2n1C(c1ccccc1Cl)C1=C(N=2)/C(=C/c2ccccc2Cl)CCC1. The van der Waals surface area contributed by atoms with E-state index in [0.717, 1.165) is 52.8 Å². The van der Waals surface area contributed by atoms with Gasteiger partial charge in [0.1, 0.15) is 0 Å². The molecule has 3 aromatic carbocycles. The Kier molecular flexibility index (Phi) is 6.68. The third-order valence-corrected chi connectivity index (χ3v) is 8.66. The number of halogens is 3. The summed E-state index contributed by atoms with van der Waals surface area (Å²) in [5.41, 5.74) is 5.89. The Bertz CT molecular complexity index is 1760. The van der Waals surface area contributed by atoms with E-state index in [4.69, 9.17) is 39.8 Å². The molecular weight excluding hydrogens is 543 g/mol.